The van der Waals surface area contributed by atoms with Crippen molar-refractivity contribution in [1.29, 1.82) is 0 Å². The number of fused-ring (bicyclic) bond motifs is 1. The van der Waals surface area contributed by atoms with Gasteiger partial charge in [0.2, 0.25) is 11.8 Å². The third-order valence-electron chi connectivity index (χ3n) is 6.92. The molecule has 0 spiro atoms. The van der Waals surface area contributed by atoms with E-state index in [9.17, 15) is 9.59 Å². The molecule has 2 aromatic heterocycles. The number of nitrogens with zero attached hydrogens (tertiary/aromatic N) is 4. The molecule has 0 aliphatic carbocycles. The van der Waals surface area contributed by atoms with Gasteiger partial charge in [-0.2, -0.15) is 5.10 Å². The SMILES string of the molecule is Cc1ccc(-n2nc(C(C)(C)C)c3c2N(CC(=O)NCc2ccccn2)C(=O)CS[C@H]3c2cccc(C)c2)cc1. The molecule has 1 N–H and O–H groups in total. The van der Waals surface area contributed by atoms with Gasteiger partial charge in [-0.15, -0.1) is 11.8 Å². The number of hydrogen-bond acceptors (Lipinski definition) is 5. The molecule has 0 radical (unpaired) electrons. The number of hydrogen-bond donors (Lipinski definition) is 1. The van der Waals surface area contributed by atoms with Crippen LogP contribution in [0.3, 0.4) is 0 Å². The number of pyridine rings is 1. The molecule has 0 unspecified atom stereocenters. The van der Waals surface area contributed by atoms with Gasteiger partial charge in [-0.25, -0.2) is 4.68 Å². The van der Waals surface area contributed by atoms with E-state index in [1.807, 2.05) is 54.1 Å². The number of rotatable bonds is 6. The molecular formula is C32H35N5O2S. The monoisotopic (exact) mass is 553 g/mol. The Labute approximate surface area is 240 Å². The zero-order valence-electron chi connectivity index (χ0n) is 23.6. The van der Waals surface area contributed by atoms with Crippen LogP contribution < -0.4 is 10.2 Å². The number of thioether (sulfide) groups is 1. The summed E-state index contributed by atoms with van der Waals surface area (Å²) in [5, 5.41) is 7.98. The molecule has 40 heavy (non-hydrogen) atoms. The Morgan fingerprint density at radius 2 is 1.80 bits per heavy atom. The largest absolute Gasteiger partial charge is 0.349 e. The molecule has 3 heterocycles. The van der Waals surface area contributed by atoms with Crippen molar-refractivity contribution in [3.05, 3.63) is 107 Å². The lowest BCUT2D eigenvalue weighted by Gasteiger charge is -2.24. The molecule has 0 saturated heterocycles. The lowest BCUT2D eigenvalue weighted by molar-refractivity contribution is -0.123. The number of anilines is 1. The first-order valence-electron chi connectivity index (χ1n) is 13.5. The maximum Gasteiger partial charge on any atom is 0.240 e. The van der Waals surface area contributed by atoms with Crippen LogP contribution in [0.15, 0.2) is 72.9 Å². The minimum Gasteiger partial charge on any atom is -0.349 e. The minimum absolute atomic E-state index is 0.110. The van der Waals surface area contributed by atoms with Crippen LogP contribution in [0.1, 0.15) is 59.7 Å². The maximum atomic E-state index is 13.8. The van der Waals surface area contributed by atoms with Gasteiger partial charge < -0.3 is 5.32 Å². The standard InChI is InChI=1S/C32H35N5O2S/c1-21-12-14-25(15-13-21)37-31-28(30(35-37)32(3,4)5)29(23-10-8-9-22(2)17-23)40-20-27(39)36(31)19-26(38)34-18-24-11-6-7-16-33-24/h6-17,29H,18-20H2,1-5H3,(H,34,38)/t29-/m0/s1. The zero-order valence-corrected chi connectivity index (χ0v) is 24.5. The minimum atomic E-state index is -0.303. The zero-order chi connectivity index (χ0) is 28.4. The summed E-state index contributed by atoms with van der Waals surface area (Å²) in [5.74, 6) is 0.530. The van der Waals surface area contributed by atoms with E-state index in [1.54, 1.807) is 22.9 Å². The number of amides is 2. The van der Waals surface area contributed by atoms with E-state index in [0.717, 1.165) is 39.3 Å². The Hall–Kier alpha value is -3.91. The van der Waals surface area contributed by atoms with Crippen molar-refractivity contribution in [3.8, 4) is 5.69 Å². The highest BCUT2D eigenvalue weighted by atomic mass is 32.2. The fourth-order valence-electron chi connectivity index (χ4n) is 4.93. The molecule has 0 saturated carbocycles. The molecule has 2 aromatic carbocycles. The van der Waals surface area contributed by atoms with E-state index < -0.39 is 0 Å². The van der Waals surface area contributed by atoms with Crippen molar-refractivity contribution in [1.82, 2.24) is 20.1 Å². The maximum absolute atomic E-state index is 13.8. The van der Waals surface area contributed by atoms with Crippen LogP contribution in [0.25, 0.3) is 5.69 Å². The van der Waals surface area contributed by atoms with Crippen molar-refractivity contribution in [2.24, 2.45) is 0 Å². The summed E-state index contributed by atoms with van der Waals surface area (Å²) in [4.78, 5) is 33.0. The smallest absolute Gasteiger partial charge is 0.240 e. The molecule has 1 aliphatic heterocycles. The van der Waals surface area contributed by atoms with Gasteiger partial charge in [-0.1, -0.05) is 74.4 Å². The molecule has 4 aromatic rings. The number of nitrogens with one attached hydrogen (secondary N) is 1. The van der Waals surface area contributed by atoms with E-state index in [-0.39, 0.29) is 34.8 Å². The van der Waals surface area contributed by atoms with E-state index in [1.165, 1.54) is 0 Å². The van der Waals surface area contributed by atoms with Gasteiger partial charge >= 0.3 is 0 Å². The molecule has 0 fully saturated rings. The topological polar surface area (TPSA) is 80.1 Å². The lowest BCUT2D eigenvalue weighted by Crippen LogP contribution is -2.42. The van der Waals surface area contributed by atoms with Crippen LogP contribution in [0.2, 0.25) is 0 Å². The summed E-state index contributed by atoms with van der Waals surface area (Å²) < 4.78 is 1.86. The third kappa shape index (κ3) is 5.82. The first kappa shape index (κ1) is 27.6. The molecule has 206 valence electrons. The Balaban J connectivity index is 1.65. The fourth-order valence-corrected chi connectivity index (χ4v) is 6.11. The molecule has 1 aliphatic rings. The predicted octanol–water partition coefficient (Wildman–Crippen LogP) is 5.67. The number of aromatic nitrogens is 3. The van der Waals surface area contributed by atoms with Gasteiger partial charge in [0.05, 0.1) is 34.6 Å². The number of benzene rings is 2. The van der Waals surface area contributed by atoms with Gasteiger partial charge in [-0.3, -0.25) is 19.5 Å². The van der Waals surface area contributed by atoms with Crippen LogP contribution >= 0.6 is 11.8 Å². The quantitative estimate of drug-likeness (QED) is 0.333. The van der Waals surface area contributed by atoms with E-state index in [4.69, 9.17) is 5.10 Å². The van der Waals surface area contributed by atoms with Crippen molar-refractivity contribution in [2.75, 3.05) is 17.2 Å². The number of carbonyl (C=O) groups excluding carboxylic acids is 2. The summed E-state index contributed by atoms with van der Waals surface area (Å²) in [6.45, 7) is 10.7. The molecular weight excluding hydrogens is 518 g/mol. The Morgan fingerprint density at radius 3 is 2.48 bits per heavy atom. The molecule has 0 bridgehead atoms. The van der Waals surface area contributed by atoms with Gasteiger partial charge in [-0.05, 0) is 43.7 Å². The Morgan fingerprint density at radius 1 is 1.02 bits per heavy atom. The highest BCUT2D eigenvalue weighted by Crippen LogP contribution is 2.48. The van der Waals surface area contributed by atoms with Gasteiger partial charge in [0.1, 0.15) is 12.4 Å². The van der Waals surface area contributed by atoms with E-state index >= 15 is 0 Å². The van der Waals surface area contributed by atoms with Crippen LogP contribution in [0.5, 0.6) is 0 Å². The van der Waals surface area contributed by atoms with Crippen LogP contribution in [0.4, 0.5) is 5.82 Å². The average molecular weight is 554 g/mol. The summed E-state index contributed by atoms with van der Waals surface area (Å²) >= 11 is 1.59. The highest BCUT2D eigenvalue weighted by molar-refractivity contribution is 8.00. The summed E-state index contributed by atoms with van der Waals surface area (Å²) in [5.41, 5.74) is 6.60. The van der Waals surface area contributed by atoms with Gasteiger partial charge in [0, 0.05) is 17.2 Å². The van der Waals surface area contributed by atoms with E-state index in [2.05, 4.69) is 62.3 Å². The van der Waals surface area contributed by atoms with E-state index in [0.29, 0.717) is 12.4 Å². The molecule has 5 rings (SSSR count). The summed E-state index contributed by atoms with van der Waals surface area (Å²) in [6.07, 6.45) is 1.70. The van der Waals surface area contributed by atoms with Crippen LogP contribution in [-0.4, -0.2) is 38.9 Å². The summed E-state index contributed by atoms with van der Waals surface area (Å²) in [6, 6.07) is 22.1. The van der Waals surface area contributed by atoms with Crippen molar-refractivity contribution in [3.63, 3.8) is 0 Å². The molecule has 8 heteroatoms. The summed E-state index contributed by atoms with van der Waals surface area (Å²) in [7, 11) is 0. The second kappa shape index (κ2) is 11.3. The second-order valence-electron chi connectivity index (χ2n) is 11.3. The third-order valence-corrected chi connectivity index (χ3v) is 8.17. The van der Waals surface area contributed by atoms with Gasteiger partial charge in [0.25, 0.3) is 0 Å². The molecule has 7 nitrogen and oxygen atoms in total. The highest BCUT2D eigenvalue weighted by Gasteiger charge is 2.39. The van der Waals surface area contributed by atoms with Crippen molar-refractivity contribution in [2.45, 2.75) is 51.8 Å². The fraction of sp³-hybridized carbons (Fsp3) is 0.312. The first-order valence-corrected chi connectivity index (χ1v) is 14.5. The van der Waals surface area contributed by atoms with Crippen molar-refractivity contribution >= 4 is 29.4 Å². The van der Waals surface area contributed by atoms with Gasteiger partial charge in [0.15, 0.2) is 0 Å². The van der Waals surface area contributed by atoms with Crippen LogP contribution in [-0.2, 0) is 21.5 Å². The van der Waals surface area contributed by atoms with Crippen LogP contribution in [0, 0.1) is 13.8 Å². The lowest BCUT2D eigenvalue weighted by atomic mass is 9.87. The first-order chi connectivity index (χ1) is 19.1. The average Bonchev–Trinajstić information content (AvgIpc) is 3.26. The normalized spacial score (nSPS) is 15.5. The molecule has 2 amide bonds. The predicted molar refractivity (Wildman–Crippen MR) is 161 cm³/mol. The second-order valence-corrected chi connectivity index (χ2v) is 12.4. The molecule has 1 atom stereocenters. The number of aryl methyl sites for hydroxylation is 2. The number of carbonyl (C=O) groups is 2. The van der Waals surface area contributed by atoms with Crippen molar-refractivity contribution < 1.29 is 9.59 Å². The Bertz CT molecular complexity index is 1520. The Kier molecular flexibility index (Phi) is 7.81.